The van der Waals surface area contributed by atoms with Crippen molar-refractivity contribution in [3.63, 3.8) is 0 Å². The van der Waals surface area contributed by atoms with E-state index in [1.165, 1.54) is 24.3 Å². The lowest BCUT2D eigenvalue weighted by Gasteiger charge is -2.09. The second kappa shape index (κ2) is 12.1. The third-order valence-corrected chi connectivity index (χ3v) is 6.36. The van der Waals surface area contributed by atoms with E-state index in [0.29, 0.717) is 30.0 Å². The van der Waals surface area contributed by atoms with Gasteiger partial charge in [-0.05, 0) is 60.5 Å². The molecule has 8 nitrogen and oxygen atoms in total. The van der Waals surface area contributed by atoms with Gasteiger partial charge in [0.25, 0.3) is 5.91 Å². The summed E-state index contributed by atoms with van der Waals surface area (Å²) in [5.74, 6) is -0.498. The minimum absolute atomic E-state index is 0.110. The molecule has 0 bridgehead atoms. The van der Waals surface area contributed by atoms with E-state index in [1.54, 1.807) is 31.4 Å². The Hall–Kier alpha value is -3.53. The third kappa shape index (κ3) is 7.51. The molecule has 2 amide bonds. The topological polar surface area (TPSA) is 114 Å². The van der Waals surface area contributed by atoms with Crippen molar-refractivity contribution in [1.29, 1.82) is 0 Å². The molecule has 0 spiro atoms. The molecule has 0 radical (unpaired) electrons. The van der Waals surface area contributed by atoms with Crippen molar-refractivity contribution in [1.82, 2.24) is 4.72 Å². The highest BCUT2D eigenvalue weighted by Gasteiger charge is 2.14. The van der Waals surface area contributed by atoms with Gasteiger partial charge in [-0.15, -0.1) is 0 Å². The molecule has 3 aromatic carbocycles. The first kappa shape index (κ1) is 25.1. The van der Waals surface area contributed by atoms with Crippen LogP contribution < -0.4 is 15.4 Å². The van der Waals surface area contributed by atoms with Gasteiger partial charge in [-0.3, -0.25) is 9.59 Å². The summed E-state index contributed by atoms with van der Waals surface area (Å²) in [6.45, 7) is 0.742. The predicted octanol–water partition coefficient (Wildman–Crippen LogP) is 3.43. The fourth-order valence-corrected chi connectivity index (χ4v) is 4.19. The van der Waals surface area contributed by atoms with Gasteiger partial charge < -0.3 is 15.4 Å². The number of rotatable bonds is 11. The second-order valence-electron chi connectivity index (χ2n) is 7.51. The Labute approximate surface area is 199 Å². The lowest BCUT2D eigenvalue weighted by Crippen LogP contribution is -2.25. The summed E-state index contributed by atoms with van der Waals surface area (Å²) in [5, 5.41) is 5.54. The second-order valence-corrected chi connectivity index (χ2v) is 9.28. The summed E-state index contributed by atoms with van der Waals surface area (Å²) in [5.41, 5.74) is 2.36. The van der Waals surface area contributed by atoms with Crippen LogP contribution in [0.4, 0.5) is 11.4 Å². The van der Waals surface area contributed by atoms with E-state index in [2.05, 4.69) is 15.4 Å². The molecule has 178 valence electrons. The number of hydrogen-bond donors (Lipinski definition) is 3. The fourth-order valence-electron chi connectivity index (χ4n) is 3.12. The standard InChI is InChI=1S/C25H27N3O5S/c1-33-17-5-16-26-34(31,32)23-14-12-22(13-15-23)28-25(30)20-8-10-21(11-9-20)27-24(29)18-19-6-3-2-4-7-19/h2-4,6-15,26H,5,16-18H2,1H3,(H,27,29)(H,28,30). The molecule has 0 aliphatic carbocycles. The molecule has 0 aliphatic heterocycles. The predicted molar refractivity (Wildman–Crippen MR) is 131 cm³/mol. The Kier molecular flexibility index (Phi) is 8.92. The van der Waals surface area contributed by atoms with Gasteiger partial charge in [-0.1, -0.05) is 30.3 Å². The quantitative estimate of drug-likeness (QED) is 0.363. The number of methoxy groups -OCH3 is 1. The third-order valence-electron chi connectivity index (χ3n) is 4.88. The van der Waals surface area contributed by atoms with Crippen LogP contribution in [-0.4, -0.2) is 40.5 Å². The number of amides is 2. The SMILES string of the molecule is COCCCNS(=O)(=O)c1ccc(NC(=O)c2ccc(NC(=O)Cc3ccccc3)cc2)cc1. The van der Waals surface area contributed by atoms with E-state index in [-0.39, 0.29) is 29.7 Å². The average molecular weight is 482 g/mol. The van der Waals surface area contributed by atoms with Crippen LogP contribution in [0.3, 0.4) is 0 Å². The maximum atomic E-state index is 12.5. The summed E-state index contributed by atoms with van der Waals surface area (Å²) in [7, 11) is -2.07. The van der Waals surface area contributed by atoms with Crippen molar-refractivity contribution >= 4 is 33.2 Å². The Morgan fingerprint density at radius 3 is 2.09 bits per heavy atom. The highest BCUT2D eigenvalue weighted by molar-refractivity contribution is 7.89. The van der Waals surface area contributed by atoms with Crippen LogP contribution in [0.5, 0.6) is 0 Å². The Morgan fingerprint density at radius 1 is 0.824 bits per heavy atom. The highest BCUT2D eigenvalue weighted by Crippen LogP contribution is 2.16. The van der Waals surface area contributed by atoms with Crippen molar-refractivity contribution < 1.29 is 22.7 Å². The molecular formula is C25H27N3O5S. The zero-order valence-corrected chi connectivity index (χ0v) is 19.6. The molecule has 0 saturated heterocycles. The molecule has 3 N–H and O–H groups in total. The zero-order valence-electron chi connectivity index (χ0n) is 18.8. The van der Waals surface area contributed by atoms with Gasteiger partial charge >= 0.3 is 0 Å². The Bertz CT molecular complexity index is 1200. The summed E-state index contributed by atoms with van der Waals surface area (Å²) < 4.78 is 32.0. The van der Waals surface area contributed by atoms with Crippen LogP contribution >= 0.6 is 0 Å². The highest BCUT2D eigenvalue weighted by atomic mass is 32.2. The zero-order chi connectivity index (χ0) is 24.4. The summed E-state index contributed by atoms with van der Waals surface area (Å²) in [4.78, 5) is 24.8. The van der Waals surface area contributed by atoms with Crippen molar-refractivity contribution in [2.45, 2.75) is 17.7 Å². The minimum atomic E-state index is -3.63. The molecule has 3 aromatic rings. The number of anilines is 2. The fraction of sp³-hybridized carbons (Fsp3) is 0.200. The molecule has 34 heavy (non-hydrogen) atoms. The van der Waals surface area contributed by atoms with Gasteiger partial charge in [-0.25, -0.2) is 13.1 Å². The van der Waals surface area contributed by atoms with Crippen LogP contribution in [0.25, 0.3) is 0 Å². The normalized spacial score (nSPS) is 11.1. The number of ether oxygens (including phenoxy) is 1. The van der Waals surface area contributed by atoms with E-state index in [9.17, 15) is 18.0 Å². The Balaban J connectivity index is 1.53. The van der Waals surface area contributed by atoms with Crippen LogP contribution in [0.15, 0.2) is 83.8 Å². The summed E-state index contributed by atoms with van der Waals surface area (Å²) in [6.07, 6.45) is 0.830. The van der Waals surface area contributed by atoms with E-state index >= 15 is 0 Å². The van der Waals surface area contributed by atoms with E-state index < -0.39 is 10.0 Å². The minimum Gasteiger partial charge on any atom is -0.385 e. The first-order valence-corrected chi connectivity index (χ1v) is 12.2. The van der Waals surface area contributed by atoms with Gasteiger partial charge in [-0.2, -0.15) is 0 Å². The molecule has 0 fully saturated rings. The molecule has 9 heteroatoms. The number of hydrogen-bond acceptors (Lipinski definition) is 5. The average Bonchev–Trinajstić information content (AvgIpc) is 2.83. The number of carbonyl (C=O) groups is 2. The molecular weight excluding hydrogens is 454 g/mol. The molecule has 0 saturated carbocycles. The van der Waals surface area contributed by atoms with Crippen molar-refractivity contribution in [3.8, 4) is 0 Å². The molecule has 0 aliphatic rings. The van der Waals surface area contributed by atoms with Crippen molar-refractivity contribution in [3.05, 3.63) is 90.0 Å². The van der Waals surface area contributed by atoms with Gasteiger partial charge in [0, 0.05) is 37.2 Å². The molecule has 0 unspecified atom stereocenters. The van der Waals surface area contributed by atoms with Crippen LogP contribution in [0.2, 0.25) is 0 Å². The maximum absolute atomic E-state index is 12.5. The van der Waals surface area contributed by atoms with Crippen molar-refractivity contribution in [2.75, 3.05) is 30.9 Å². The number of sulfonamides is 1. The lowest BCUT2D eigenvalue weighted by molar-refractivity contribution is -0.115. The van der Waals surface area contributed by atoms with Crippen LogP contribution in [-0.2, 0) is 26.0 Å². The smallest absolute Gasteiger partial charge is 0.255 e. The summed E-state index contributed by atoms with van der Waals surface area (Å²) in [6, 6.07) is 21.9. The first-order valence-electron chi connectivity index (χ1n) is 10.7. The number of nitrogens with one attached hydrogen (secondary N) is 3. The maximum Gasteiger partial charge on any atom is 0.255 e. The molecule has 0 aromatic heterocycles. The van der Waals surface area contributed by atoms with Crippen LogP contribution in [0, 0.1) is 0 Å². The molecule has 0 heterocycles. The molecule has 3 rings (SSSR count). The number of carbonyl (C=O) groups excluding carboxylic acids is 2. The van der Waals surface area contributed by atoms with E-state index in [1.807, 2.05) is 30.3 Å². The molecule has 0 atom stereocenters. The van der Waals surface area contributed by atoms with Crippen molar-refractivity contribution in [2.24, 2.45) is 0 Å². The lowest BCUT2D eigenvalue weighted by atomic mass is 10.1. The van der Waals surface area contributed by atoms with E-state index in [4.69, 9.17) is 4.74 Å². The summed E-state index contributed by atoms with van der Waals surface area (Å²) >= 11 is 0. The van der Waals surface area contributed by atoms with Gasteiger partial charge in [0.15, 0.2) is 0 Å². The number of benzene rings is 3. The van der Waals surface area contributed by atoms with Gasteiger partial charge in [0.2, 0.25) is 15.9 Å². The van der Waals surface area contributed by atoms with Crippen LogP contribution in [0.1, 0.15) is 22.3 Å². The van der Waals surface area contributed by atoms with Gasteiger partial charge in [0.05, 0.1) is 11.3 Å². The Morgan fingerprint density at radius 2 is 1.44 bits per heavy atom. The largest absolute Gasteiger partial charge is 0.385 e. The first-order chi connectivity index (χ1) is 16.4. The van der Waals surface area contributed by atoms with Gasteiger partial charge in [0.1, 0.15) is 0 Å². The van der Waals surface area contributed by atoms with E-state index in [0.717, 1.165) is 5.56 Å². The monoisotopic (exact) mass is 481 g/mol.